The van der Waals surface area contributed by atoms with E-state index in [4.69, 9.17) is 11.6 Å². The predicted molar refractivity (Wildman–Crippen MR) is 114 cm³/mol. The topological polar surface area (TPSA) is 50.2 Å². The molecule has 0 aliphatic heterocycles. The fourth-order valence-electron chi connectivity index (χ4n) is 3.09. The lowest BCUT2D eigenvalue weighted by molar-refractivity contribution is -0.120. The van der Waals surface area contributed by atoms with Gasteiger partial charge in [0.15, 0.2) is 0 Å². The van der Waals surface area contributed by atoms with Crippen molar-refractivity contribution in [2.24, 2.45) is 0 Å². The molecule has 3 aromatic rings. The lowest BCUT2D eigenvalue weighted by Gasteiger charge is -2.24. The predicted octanol–water partition coefficient (Wildman–Crippen LogP) is 4.60. The number of hydrogen-bond donors (Lipinski definition) is 1. The molecular formula is C22H25ClN4O. The first-order valence-corrected chi connectivity index (χ1v) is 9.60. The van der Waals surface area contributed by atoms with Crippen LogP contribution < -0.4 is 5.32 Å². The van der Waals surface area contributed by atoms with E-state index in [2.05, 4.69) is 10.4 Å². The zero-order chi connectivity index (χ0) is 20.3. The molecule has 6 heteroatoms. The molecule has 3 rings (SSSR count). The van der Waals surface area contributed by atoms with Gasteiger partial charge in [0.25, 0.3) is 0 Å². The summed E-state index contributed by atoms with van der Waals surface area (Å²) in [5.41, 5.74) is 4.75. The van der Waals surface area contributed by atoms with Crippen molar-refractivity contribution in [2.75, 3.05) is 12.4 Å². The van der Waals surface area contributed by atoms with Gasteiger partial charge in [0, 0.05) is 18.3 Å². The zero-order valence-corrected chi connectivity index (χ0v) is 17.4. The van der Waals surface area contributed by atoms with Crippen LogP contribution in [0.1, 0.15) is 23.6 Å². The summed E-state index contributed by atoms with van der Waals surface area (Å²) in [5, 5.41) is 7.94. The number of amides is 1. The highest BCUT2D eigenvalue weighted by molar-refractivity contribution is 6.34. The van der Waals surface area contributed by atoms with Crippen LogP contribution in [-0.4, -0.2) is 33.7 Å². The molecule has 146 valence electrons. The first-order chi connectivity index (χ1) is 13.3. The van der Waals surface area contributed by atoms with Crippen LogP contribution in [0.25, 0.3) is 5.69 Å². The van der Waals surface area contributed by atoms with Gasteiger partial charge in [-0.2, -0.15) is 5.10 Å². The Morgan fingerprint density at radius 3 is 2.64 bits per heavy atom. The van der Waals surface area contributed by atoms with E-state index in [0.29, 0.717) is 17.3 Å². The first kappa shape index (κ1) is 20.1. The first-order valence-electron chi connectivity index (χ1n) is 9.22. The van der Waals surface area contributed by atoms with Crippen LogP contribution in [0.3, 0.4) is 0 Å². The van der Waals surface area contributed by atoms with Gasteiger partial charge in [-0.1, -0.05) is 35.9 Å². The number of nitrogens with one attached hydrogen (secondary N) is 1. The second-order valence-corrected chi connectivity index (χ2v) is 7.55. The van der Waals surface area contributed by atoms with E-state index < -0.39 is 0 Å². The number of rotatable bonds is 6. The highest BCUT2D eigenvalue weighted by atomic mass is 35.5. The van der Waals surface area contributed by atoms with E-state index >= 15 is 0 Å². The molecule has 1 N–H and O–H groups in total. The average molecular weight is 397 g/mol. The van der Waals surface area contributed by atoms with Crippen LogP contribution in [0.15, 0.2) is 54.9 Å². The maximum Gasteiger partial charge on any atom is 0.241 e. The van der Waals surface area contributed by atoms with Crippen molar-refractivity contribution >= 4 is 23.2 Å². The van der Waals surface area contributed by atoms with E-state index in [1.165, 1.54) is 0 Å². The minimum atomic E-state index is -0.322. The van der Waals surface area contributed by atoms with Gasteiger partial charge in [-0.05, 0) is 57.1 Å². The van der Waals surface area contributed by atoms with Gasteiger partial charge in [0.05, 0.1) is 28.6 Å². The number of hydrogen-bond acceptors (Lipinski definition) is 3. The third-order valence-electron chi connectivity index (χ3n) is 4.81. The zero-order valence-electron chi connectivity index (χ0n) is 16.6. The Morgan fingerprint density at radius 2 is 1.96 bits per heavy atom. The molecule has 0 aliphatic rings. The monoisotopic (exact) mass is 396 g/mol. The molecule has 0 spiro atoms. The molecule has 28 heavy (non-hydrogen) atoms. The maximum absolute atomic E-state index is 12.7. The number of para-hydroxylation sites is 1. The molecule has 0 saturated heterocycles. The minimum Gasteiger partial charge on any atom is -0.323 e. The van der Waals surface area contributed by atoms with Crippen LogP contribution in [0.2, 0.25) is 5.02 Å². The lowest BCUT2D eigenvalue weighted by atomic mass is 10.1. The standard InChI is InChI=1S/C22H25ClN4O/c1-15-10-16(2)21(20(23)11-15)25-22(28)17(3)26(4)13-18-12-24-27(14-18)19-8-6-5-7-9-19/h5-12,14,17H,13H2,1-4H3,(H,25,28). The van der Waals surface area contributed by atoms with Crippen molar-refractivity contribution in [3.8, 4) is 5.69 Å². The number of carbonyl (C=O) groups is 1. The van der Waals surface area contributed by atoms with Crippen LogP contribution in [0, 0.1) is 13.8 Å². The maximum atomic E-state index is 12.7. The Morgan fingerprint density at radius 1 is 1.25 bits per heavy atom. The van der Waals surface area contributed by atoms with Gasteiger partial charge in [-0.3, -0.25) is 9.69 Å². The van der Waals surface area contributed by atoms with Crippen molar-refractivity contribution in [1.82, 2.24) is 14.7 Å². The summed E-state index contributed by atoms with van der Waals surface area (Å²) in [6, 6.07) is 13.5. The number of aromatic nitrogens is 2. The molecule has 0 radical (unpaired) electrons. The second-order valence-electron chi connectivity index (χ2n) is 7.15. The number of anilines is 1. The molecule has 1 heterocycles. The quantitative estimate of drug-likeness (QED) is 0.662. The summed E-state index contributed by atoms with van der Waals surface area (Å²) in [5.74, 6) is -0.0909. The molecule has 0 fully saturated rings. The molecule has 0 aliphatic carbocycles. The van der Waals surface area contributed by atoms with Gasteiger partial charge in [-0.15, -0.1) is 0 Å². The molecule has 1 unspecified atom stereocenters. The van der Waals surface area contributed by atoms with Gasteiger partial charge in [0.1, 0.15) is 0 Å². The van der Waals surface area contributed by atoms with E-state index in [-0.39, 0.29) is 11.9 Å². The van der Waals surface area contributed by atoms with Crippen LogP contribution in [-0.2, 0) is 11.3 Å². The highest BCUT2D eigenvalue weighted by Gasteiger charge is 2.20. The Hall–Kier alpha value is -2.63. The summed E-state index contributed by atoms with van der Waals surface area (Å²) >= 11 is 6.31. The van der Waals surface area contributed by atoms with E-state index in [1.807, 2.05) is 92.3 Å². The van der Waals surface area contributed by atoms with Gasteiger partial charge < -0.3 is 5.32 Å². The van der Waals surface area contributed by atoms with E-state index in [1.54, 1.807) is 0 Å². The van der Waals surface area contributed by atoms with Crippen LogP contribution >= 0.6 is 11.6 Å². The third kappa shape index (κ3) is 4.61. The summed E-state index contributed by atoms with van der Waals surface area (Å²) in [6.45, 7) is 6.42. The van der Waals surface area contributed by atoms with Crippen molar-refractivity contribution in [1.29, 1.82) is 0 Å². The number of carbonyl (C=O) groups excluding carboxylic acids is 1. The summed E-state index contributed by atoms with van der Waals surface area (Å²) in [4.78, 5) is 14.7. The van der Waals surface area contributed by atoms with E-state index in [0.717, 1.165) is 22.4 Å². The third-order valence-corrected chi connectivity index (χ3v) is 5.11. The molecule has 5 nitrogen and oxygen atoms in total. The molecule has 0 saturated carbocycles. The molecule has 1 amide bonds. The smallest absolute Gasteiger partial charge is 0.241 e. The number of halogens is 1. The van der Waals surface area contributed by atoms with Crippen molar-refractivity contribution < 1.29 is 4.79 Å². The molecule has 0 bridgehead atoms. The van der Waals surface area contributed by atoms with Crippen LogP contribution in [0.5, 0.6) is 0 Å². The largest absolute Gasteiger partial charge is 0.323 e. The Bertz CT molecular complexity index is 945. The normalized spacial score (nSPS) is 12.2. The van der Waals surface area contributed by atoms with Gasteiger partial charge in [-0.25, -0.2) is 4.68 Å². The summed E-state index contributed by atoms with van der Waals surface area (Å²) in [7, 11) is 1.92. The fourth-order valence-corrected chi connectivity index (χ4v) is 3.46. The van der Waals surface area contributed by atoms with Crippen LogP contribution in [0.4, 0.5) is 5.69 Å². The van der Waals surface area contributed by atoms with Gasteiger partial charge >= 0.3 is 0 Å². The SMILES string of the molecule is Cc1cc(C)c(NC(=O)C(C)N(C)Cc2cnn(-c3ccccc3)c2)c(Cl)c1. The number of aryl methyl sites for hydroxylation is 2. The van der Waals surface area contributed by atoms with Gasteiger partial charge in [0.2, 0.25) is 5.91 Å². The fraction of sp³-hybridized carbons (Fsp3) is 0.273. The highest BCUT2D eigenvalue weighted by Crippen LogP contribution is 2.27. The minimum absolute atomic E-state index is 0.0909. The van der Waals surface area contributed by atoms with Crippen molar-refractivity contribution in [3.05, 3.63) is 76.6 Å². The Balaban J connectivity index is 1.65. The summed E-state index contributed by atoms with van der Waals surface area (Å²) in [6.07, 6.45) is 3.81. The Kier molecular flexibility index (Phi) is 6.17. The van der Waals surface area contributed by atoms with Crippen molar-refractivity contribution in [3.63, 3.8) is 0 Å². The number of benzene rings is 2. The molecular weight excluding hydrogens is 372 g/mol. The molecule has 2 aromatic carbocycles. The number of nitrogens with zero attached hydrogens (tertiary/aromatic N) is 3. The second kappa shape index (κ2) is 8.59. The lowest BCUT2D eigenvalue weighted by Crippen LogP contribution is -2.39. The molecule has 1 atom stereocenters. The number of likely N-dealkylation sites (N-methyl/N-ethyl adjacent to an activating group) is 1. The summed E-state index contributed by atoms with van der Waals surface area (Å²) < 4.78 is 1.84. The van der Waals surface area contributed by atoms with Crippen molar-refractivity contribution in [2.45, 2.75) is 33.4 Å². The average Bonchev–Trinajstić information content (AvgIpc) is 3.13. The van der Waals surface area contributed by atoms with E-state index in [9.17, 15) is 4.79 Å². The Labute approximate surface area is 170 Å². The molecule has 1 aromatic heterocycles.